The predicted molar refractivity (Wildman–Crippen MR) is 72.4 cm³/mol. The smallest absolute Gasteiger partial charge is 0.352 e. The van der Waals surface area contributed by atoms with Gasteiger partial charge in [-0.2, -0.15) is 0 Å². The van der Waals surface area contributed by atoms with Crippen LogP contribution in [0.25, 0.3) is 10.9 Å². The van der Waals surface area contributed by atoms with Crippen LogP contribution < -0.4 is 5.32 Å². The molecule has 1 amide bonds. The van der Waals surface area contributed by atoms with Crippen molar-refractivity contribution in [2.75, 3.05) is 0 Å². The average molecular weight is 281 g/mol. The van der Waals surface area contributed by atoms with Crippen LogP contribution in [0.5, 0.6) is 0 Å². The number of carboxylic acids is 1. The van der Waals surface area contributed by atoms with Crippen molar-refractivity contribution >= 4 is 34.4 Å². The Labute approximate surface area is 114 Å². The van der Waals surface area contributed by atoms with Crippen LogP contribution in [0.4, 0.5) is 0 Å². The second-order valence-electron chi connectivity index (χ2n) is 4.10. The fourth-order valence-corrected chi connectivity index (χ4v) is 2.07. The van der Waals surface area contributed by atoms with Crippen LogP contribution in [0, 0.1) is 0 Å². The number of benzene rings is 1. The lowest BCUT2D eigenvalue weighted by Gasteiger charge is -2.04. The van der Waals surface area contributed by atoms with Crippen molar-refractivity contribution in [2.24, 2.45) is 0 Å². The molecule has 0 atom stereocenters. The summed E-state index contributed by atoms with van der Waals surface area (Å²) in [6, 6.07) is 5.09. The normalized spacial score (nSPS) is 10.6. The van der Waals surface area contributed by atoms with Gasteiger partial charge in [0.2, 0.25) is 5.91 Å². The number of fused-ring (bicyclic) bond motifs is 1. The van der Waals surface area contributed by atoms with Gasteiger partial charge >= 0.3 is 5.97 Å². The summed E-state index contributed by atoms with van der Waals surface area (Å²) in [5.41, 5.74) is 1.29. The van der Waals surface area contributed by atoms with Crippen LogP contribution >= 0.6 is 11.6 Å². The molecule has 0 spiro atoms. The Bertz CT molecular complexity index is 649. The van der Waals surface area contributed by atoms with Gasteiger partial charge in [0.1, 0.15) is 5.69 Å². The van der Waals surface area contributed by atoms with E-state index in [0.717, 1.165) is 0 Å². The number of halogens is 1. The highest BCUT2D eigenvalue weighted by Crippen LogP contribution is 2.25. The third-order valence-electron chi connectivity index (χ3n) is 2.87. The molecule has 1 heterocycles. The maximum atomic E-state index is 11.3. The van der Waals surface area contributed by atoms with Crippen molar-refractivity contribution in [1.29, 1.82) is 0 Å². The van der Waals surface area contributed by atoms with Crippen molar-refractivity contribution in [2.45, 2.75) is 19.9 Å². The minimum Gasteiger partial charge on any atom is -0.477 e. The lowest BCUT2D eigenvalue weighted by Crippen LogP contribution is -2.22. The molecule has 0 radical (unpaired) electrons. The van der Waals surface area contributed by atoms with E-state index in [9.17, 15) is 14.7 Å². The minimum atomic E-state index is -1.06. The van der Waals surface area contributed by atoms with E-state index in [4.69, 9.17) is 11.6 Å². The van der Waals surface area contributed by atoms with Gasteiger partial charge in [-0.25, -0.2) is 4.79 Å². The van der Waals surface area contributed by atoms with Gasteiger partial charge in [-0.15, -0.1) is 0 Å². The Morgan fingerprint density at radius 2 is 2.16 bits per heavy atom. The highest BCUT2D eigenvalue weighted by Gasteiger charge is 2.17. The molecular formula is C13H13ClN2O3. The maximum Gasteiger partial charge on any atom is 0.352 e. The van der Waals surface area contributed by atoms with Crippen LogP contribution in [-0.4, -0.2) is 22.0 Å². The van der Waals surface area contributed by atoms with E-state index in [1.807, 2.05) is 0 Å². The van der Waals surface area contributed by atoms with Gasteiger partial charge in [-0.05, 0) is 18.2 Å². The quantitative estimate of drug-likeness (QED) is 0.805. The van der Waals surface area contributed by atoms with Crippen molar-refractivity contribution in [3.63, 3.8) is 0 Å². The molecule has 6 heteroatoms. The number of rotatable bonds is 4. The first kappa shape index (κ1) is 13.4. The number of hydrogen-bond donors (Lipinski definition) is 3. The lowest BCUT2D eigenvalue weighted by atomic mass is 10.1. The van der Waals surface area contributed by atoms with Gasteiger partial charge in [-0.1, -0.05) is 18.5 Å². The van der Waals surface area contributed by atoms with Crippen molar-refractivity contribution in [1.82, 2.24) is 10.3 Å². The number of aromatic amines is 1. The lowest BCUT2D eigenvalue weighted by molar-refractivity contribution is -0.120. The Morgan fingerprint density at radius 1 is 1.42 bits per heavy atom. The Balaban J connectivity index is 2.48. The van der Waals surface area contributed by atoms with E-state index in [2.05, 4.69) is 10.3 Å². The van der Waals surface area contributed by atoms with Crippen LogP contribution in [0.3, 0.4) is 0 Å². The van der Waals surface area contributed by atoms with Gasteiger partial charge < -0.3 is 15.4 Å². The molecule has 5 nitrogen and oxygen atoms in total. The topological polar surface area (TPSA) is 82.2 Å². The number of carbonyl (C=O) groups excluding carboxylic acids is 1. The number of aromatic nitrogens is 1. The maximum absolute atomic E-state index is 11.3. The van der Waals surface area contributed by atoms with E-state index >= 15 is 0 Å². The second-order valence-corrected chi connectivity index (χ2v) is 4.54. The van der Waals surface area contributed by atoms with Crippen LogP contribution in [0.2, 0.25) is 5.02 Å². The summed E-state index contributed by atoms with van der Waals surface area (Å²) in [7, 11) is 0. The van der Waals surface area contributed by atoms with Crippen LogP contribution in [0.15, 0.2) is 18.2 Å². The van der Waals surface area contributed by atoms with Gasteiger partial charge in [0, 0.05) is 34.5 Å². The van der Waals surface area contributed by atoms with E-state index < -0.39 is 5.97 Å². The molecule has 1 aromatic heterocycles. The zero-order valence-corrected chi connectivity index (χ0v) is 11.0. The number of nitrogens with one attached hydrogen (secondary N) is 2. The summed E-state index contributed by atoms with van der Waals surface area (Å²) in [6.07, 6.45) is 0.353. The van der Waals surface area contributed by atoms with Gasteiger partial charge in [0.15, 0.2) is 0 Å². The largest absolute Gasteiger partial charge is 0.477 e. The van der Waals surface area contributed by atoms with Gasteiger partial charge in [0.05, 0.1) is 0 Å². The van der Waals surface area contributed by atoms with Crippen LogP contribution in [0.1, 0.15) is 29.4 Å². The zero-order chi connectivity index (χ0) is 14.0. The number of amides is 1. The van der Waals surface area contributed by atoms with Crippen molar-refractivity contribution < 1.29 is 14.7 Å². The third-order valence-corrected chi connectivity index (χ3v) is 3.10. The first-order chi connectivity index (χ1) is 9.02. The third kappa shape index (κ3) is 2.71. The molecule has 0 aliphatic rings. The van der Waals surface area contributed by atoms with E-state index in [-0.39, 0.29) is 18.1 Å². The van der Waals surface area contributed by atoms with E-state index in [0.29, 0.717) is 27.9 Å². The number of H-pyrrole nitrogens is 1. The highest BCUT2D eigenvalue weighted by molar-refractivity contribution is 6.31. The van der Waals surface area contributed by atoms with Gasteiger partial charge in [0.25, 0.3) is 0 Å². The molecule has 3 N–H and O–H groups in total. The first-order valence-electron chi connectivity index (χ1n) is 5.83. The molecule has 0 bridgehead atoms. The Kier molecular flexibility index (Phi) is 3.76. The fraction of sp³-hybridized carbons (Fsp3) is 0.231. The molecule has 0 saturated heterocycles. The number of aromatic carboxylic acids is 1. The molecule has 0 saturated carbocycles. The predicted octanol–water partition coefficient (Wildman–Crippen LogP) is 2.55. The Hall–Kier alpha value is -2.01. The molecule has 19 heavy (non-hydrogen) atoms. The number of carboxylic acid groups (broad SMARTS) is 1. The summed E-state index contributed by atoms with van der Waals surface area (Å²) in [5, 5.41) is 13.1. The molecule has 0 unspecified atom stereocenters. The second kappa shape index (κ2) is 5.32. The minimum absolute atomic E-state index is 0.0775. The molecule has 2 rings (SSSR count). The molecular weight excluding hydrogens is 268 g/mol. The standard InChI is InChI=1S/C13H13ClN2O3/c1-2-11(17)15-6-9-8-5-7(14)3-4-10(8)16-12(9)13(18)19/h3-5,16H,2,6H2,1H3,(H,15,17)(H,18,19). The molecule has 1 aromatic carbocycles. The first-order valence-corrected chi connectivity index (χ1v) is 6.20. The SMILES string of the molecule is CCC(=O)NCc1c(C(=O)O)[nH]c2ccc(Cl)cc12. The molecule has 100 valence electrons. The Morgan fingerprint density at radius 3 is 2.79 bits per heavy atom. The monoisotopic (exact) mass is 280 g/mol. The zero-order valence-electron chi connectivity index (χ0n) is 10.3. The highest BCUT2D eigenvalue weighted by atomic mass is 35.5. The van der Waals surface area contributed by atoms with Gasteiger partial charge in [-0.3, -0.25) is 4.79 Å². The van der Waals surface area contributed by atoms with Crippen molar-refractivity contribution in [3.8, 4) is 0 Å². The fourth-order valence-electron chi connectivity index (χ4n) is 1.90. The summed E-state index contributed by atoms with van der Waals surface area (Å²) >= 11 is 5.92. The average Bonchev–Trinajstić information content (AvgIpc) is 2.74. The van der Waals surface area contributed by atoms with E-state index in [1.54, 1.807) is 25.1 Å². The molecule has 2 aromatic rings. The van der Waals surface area contributed by atoms with E-state index in [1.165, 1.54) is 0 Å². The summed E-state index contributed by atoms with van der Waals surface area (Å²) in [6.45, 7) is 1.90. The summed E-state index contributed by atoms with van der Waals surface area (Å²) < 4.78 is 0. The van der Waals surface area contributed by atoms with Crippen molar-refractivity contribution in [3.05, 3.63) is 34.5 Å². The molecule has 0 fully saturated rings. The molecule has 0 aliphatic heterocycles. The number of hydrogen-bond acceptors (Lipinski definition) is 2. The summed E-state index contributed by atoms with van der Waals surface area (Å²) in [4.78, 5) is 25.3. The van der Waals surface area contributed by atoms with Crippen LogP contribution in [-0.2, 0) is 11.3 Å². The summed E-state index contributed by atoms with van der Waals surface area (Å²) in [5.74, 6) is -1.19. The number of carbonyl (C=O) groups is 2. The molecule has 0 aliphatic carbocycles.